The van der Waals surface area contributed by atoms with Crippen LogP contribution < -0.4 is 0 Å². The SMILES string of the molecule is O=C(C1=C(O)C(=O)N(CCc2ccccc2)[C@@H]1c1ccc([N+](=O)[O-])cc1)c1cccs1. The number of aliphatic hydroxyl groups excluding tert-OH is 1. The zero-order valence-corrected chi connectivity index (χ0v) is 17.1. The summed E-state index contributed by atoms with van der Waals surface area (Å²) in [6, 6.07) is 17.8. The normalized spacial score (nSPS) is 16.1. The Kier molecular flexibility index (Phi) is 5.64. The number of aliphatic hydroxyl groups is 1. The highest BCUT2D eigenvalue weighted by Crippen LogP contribution is 2.40. The number of rotatable bonds is 7. The van der Waals surface area contributed by atoms with Crippen LogP contribution in [0.25, 0.3) is 0 Å². The molecular weight excluding hydrogens is 416 g/mol. The van der Waals surface area contributed by atoms with E-state index in [-0.39, 0.29) is 17.8 Å². The predicted molar refractivity (Wildman–Crippen MR) is 116 cm³/mol. The smallest absolute Gasteiger partial charge is 0.290 e. The molecule has 1 aliphatic rings. The first-order chi connectivity index (χ1) is 15.0. The molecule has 0 aliphatic carbocycles. The van der Waals surface area contributed by atoms with Crippen molar-refractivity contribution < 1.29 is 19.6 Å². The standard InChI is InChI=1S/C23H18N2O5S/c26-21(18-7-4-14-31-18)19-20(16-8-10-17(11-9-16)25(29)30)24(23(28)22(19)27)13-12-15-5-2-1-3-6-15/h1-11,14,20,27H,12-13H2/t20-/m1/s1. The van der Waals surface area contributed by atoms with Gasteiger partial charge in [0, 0.05) is 18.7 Å². The maximum Gasteiger partial charge on any atom is 0.290 e. The van der Waals surface area contributed by atoms with Gasteiger partial charge in [0.2, 0.25) is 5.78 Å². The third-order valence-corrected chi connectivity index (χ3v) is 6.07. The Morgan fingerprint density at radius 1 is 1.06 bits per heavy atom. The predicted octanol–water partition coefficient (Wildman–Crippen LogP) is 4.48. The lowest BCUT2D eigenvalue weighted by Gasteiger charge is -2.26. The first kappa shape index (κ1) is 20.5. The summed E-state index contributed by atoms with van der Waals surface area (Å²) in [5, 5.41) is 23.4. The molecule has 0 saturated carbocycles. The first-order valence-corrected chi connectivity index (χ1v) is 10.5. The number of Topliss-reactive ketones (excluding diaryl/α,β-unsaturated/α-hetero) is 1. The number of nitrogens with zero attached hydrogens (tertiary/aromatic N) is 2. The molecule has 4 rings (SSSR count). The van der Waals surface area contributed by atoms with Crippen LogP contribution in [0.3, 0.4) is 0 Å². The quantitative estimate of drug-likeness (QED) is 0.336. The molecule has 0 radical (unpaired) electrons. The lowest BCUT2D eigenvalue weighted by molar-refractivity contribution is -0.384. The maximum atomic E-state index is 13.1. The zero-order chi connectivity index (χ0) is 22.0. The van der Waals surface area contributed by atoms with Gasteiger partial charge in [-0.25, -0.2) is 0 Å². The van der Waals surface area contributed by atoms with Crippen LogP contribution in [0.2, 0.25) is 0 Å². The third kappa shape index (κ3) is 3.97. The lowest BCUT2D eigenvalue weighted by atomic mass is 9.95. The van der Waals surface area contributed by atoms with Gasteiger partial charge in [-0.2, -0.15) is 0 Å². The number of nitro groups is 1. The third-order valence-electron chi connectivity index (χ3n) is 5.20. The number of hydrogen-bond donors (Lipinski definition) is 1. The molecule has 2 heterocycles. The number of carbonyl (C=O) groups excluding carboxylic acids is 2. The van der Waals surface area contributed by atoms with Crippen molar-refractivity contribution in [3.8, 4) is 0 Å². The first-order valence-electron chi connectivity index (χ1n) is 9.58. The fraction of sp³-hybridized carbons (Fsp3) is 0.130. The molecule has 1 atom stereocenters. The van der Waals surface area contributed by atoms with Crippen molar-refractivity contribution in [3.63, 3.8) is 0 Å². The van der Waals surface area contributed by atoms with Crippen LogP contribution in [0.5, 0.6) is 0 Å². The highest BCUT2D eigenvalue weighted by molar-refractivity contribution is 7.12. The van der Waals surface area contributed by atoms with Crippen LogP contribution in [0.4, 0.5) is 5.69 Å². The minimum atomic E-state index is -0.827. The van der Waals surface area contributed by atoms with Crippen molar-refractivity contribution >= 4 is 28.7 Å². The molecule has 7 nitrogen and oxygen atoms in total. The lowest BCUT2D eigenvalue weighted by Crippen LogP contribution is -2.33. The van der Waals surface area contributed by atoms with E-state index >= 15 is 0 Å². The summed E-state index contributed by atoms with van der Waals surface area (Å²) in [6.07, 6.45) is 0.532. The van der Waals surface area contributed by atoms with Gasteiger partial charge in [-0.1, -0.05) is 36.4 Å². The number of non-ortho nitro benzene ring substituents is 1. The average Bonchev–Trinajstić information content (AvgIpc) is 3.41. The van der Waals surface area contributed by atoms with E-state index in [2.05, 4.69) is 0 Å². The molecule has 0 saturated heterocycles. The monoisotopic (exact) mass is 434 g/mol. The number of ketones is 1. The Hall–Kier alpha value is -3.78. The van der Waals surface area contributed by atoms with Gasteiger partial charge in [0.1, 0.15) is 0 Å². The molecule has 8 heteroatoms. The van der Waals surface area contributed by atoms with E-state index in [9.17, 15) is 24.8 Å². The highest BCUT2D eigenvalue weighted by Gasteiger charge is 2.43. The van der Waals surface area contributed by atoms with E-state index in [0.29, 0.717) is 16.9 Å². The number of benzene rings is 2. The molecule has 31 heavy (non-hydrogen) atoms. The number of hydrogen-bond acceptors (Lipinski definition) is 6. The van der Waals surface area contributed by atoms with Crippen LogP contribution in [0.1, 0.15) is 26.8 Å². The number of amides is 1. The van der Waals surface area contributed by atoms with Crippen molar-refractivity contribution in [2.45, 2.75) is 12.5 Å². The van der Waals surface area contributed by atoms with Gasteiger partial charge in [-0.3, -0.25) is 19.7 Å². The number of carbonyl (C=O) groups is 2. The van der Waals surface area contributed by atoms with E-state index in [1.54, 1.807) is 17.5 Å². The number of thiophene rings is 1. The van der Waals surface area contributed by atoms with Gasteiger partial charge in [-0.15, -0.1) is 11.3 Å². The Labute approximate surface area is 182 Å². The average molecular weight is 434 g/mol. The van der Waals surface area contributed by atoms with E-state index in [0.717, 1.165) is 5.56 Å². The molecular formula is C23H18N2O5S. The Balaban J connectivity index is 1.72. The van der Waals surface area contributed by atoms with Crippen LogP contribution in [-0.4, -0.2) is 33.2 Å². The summed E-state index contributed by atoms with van der Waals surface area (Å²) in [4.78, 5) is 38.5. The Morgan fingerprint density at radius 3 is 2.39 bits per heavy atom. The molecule has 0 unspecified atom stereocenters. The molecule has 0 bridgehead atoms. The fourth-order valence-corrected chi connectivity index (χ4v) is 4.35. The molecule has 1 aromatic heterocycles. The molecule has 0 fully saturated rings. The van der Waals surface area contributed by atoms with Gasteiger partial charge < -0.3 is 10.0 Å². The van der Waals surface area contributed by atoms with E-state index in [4.69, 9.17) is 0 Å². The van der Waals surface area contributed by atoms with E-state index in [1.807, 2.05) is 30.3 Å². The van der Waals surface area contributed by atoms with Crippen molar-refractivity contribution in [2.24, 2.45) is 0 Å². The molecule has 1 amide bonds. The largest absolute Gasteiger partial charge is 0.503 e. The van der Waals surface area contributed by atoms with Crippen LogP contribution in [-0.2, 0) is 11.2 Å². The second kappa shape index (κ2) is 8.53. The zero-order valence-electron chi connectivity index (χ0n) is 16.3. The maximum absolute atomic E-state index is 13.1. The summed E-state index contributed by atoms with van der Waals surface area (Å²) < 4.78 is 0. The van der Waals surface area contributed by atoms with Crippen molar-refractivity contribution in [2.75, 3.05) is 6.54 Å². The molecule has 2 aromatic carbocycles. The highest BCUT2D eigenvalue weighted by atomic mass is 32.1. The Morgan fingerprint density at radius 2 is 1.77 bits per heavy atom. The molecule has 3 aromatic rings. The van der Waals surface area contributed by atoms with Gasteiger partial charge in [0.05, 0.1) is 21.4 Å². The summed E-state index contributed by atoms with van der Waals surface area (Å²) in [7, 11) is 0. The van der Waals surface area contributed by atoms with Crippen molar-refractivity contribution in [1.29, 1.82) is 0 Å². The summed E-state index contributed by atoms with van der Waals surface area (Å²) in [5.41, 5.74) is 1.43. The van der Waals surface area contributed by atoms with Crippen molar-refractivity contribution in [1.82, 2.24) is 4.90 Å². The van der Waals surface area contributed by atoms with Crippen LogP contribution in [0, 0.1) is 10.1 Å². The minimum Gasteiger partial charge on any atom is -0.503 e. The van der Waals surface area contributed by atoms with Crippen LogP contribution in [0.15, 0.2) is 83.4 Å². The van der Waals surface area contributed by atoms with E-state index in [1.165, 1.54) is 40.5 Å². The molecule has 1 N–H and O–H groups in total. The summed E-state index contributed by atoms with van der Waals surface area (Å²) in [6.45, 7) is 0.274. The number of nitro benzene ring substituents is 1. The minimum absolute atomic E-state index is 0.00522. The van der Waals surface area contributed by atoms with Gasteiger partial charge in [0.25, 0.3) is 11.6 Å². The fourth-order valence-electron chi connectivity index (χ4n) is 3.68. The Bertz CT molecular complexity index is 1150. The van der Waals surface area contributed by atoms with Gasteiger partial charge in [-0.05, 0) is 41.1 Å². The van der Waals surface area contributed by atoms with Crippen LogP contribution >= 0.6 is 11.3 Å². The second-order valence-electron chi connectivity index (χ2n) is 7.05. The summed E-state index contributed by atoms with van der Waals surface area (Å²) >= 11 is 1.22. The summed E-state index contributed by atoms with van der Waals surface area (Å²) in [5.74, 6) is -1.62. The van der Waals surface area contributed by atoms with Gasteiger partial charge in [0.15, 0.2) is 5.76 Å². The molecule has 156 valence electrons. The topological polar surface area (TPSA) is 101 Å². The van der Waals surface area contributed by atoms with E-state index < -0.39 is 28.4 Å². The second-order valence-corrected chi connectivity index (χ2v) is 8.00. The van der Waals surface area contributed by atoms with Crippen molar-refractivity contribution in [3.05, 3.63) is 110 Å². The molecule has 0 spiro atoms. The molecule has 1 aliphatic heterocycles. The van der Waals surface area contributed by atoms with Gasteiger partial charge >= 0.3 is 0 Å².